The fourth-order valence-electron chi connectivity index (χ4n) is 8.85. The molecule has 0 bridgehead atoms. The van der Waals surface area contributed by atoms with E-state index < -0.39 is 11.9 Å². The number of pyridine rings is 1. The molecule has 15 heteroatoms. The molecule has 0 unspecified atom stereocenters. The molecule has 5 heterocycles. The van der Waals surface area contributed by atoms with E-state index in [1.807, 2.05) is 0 Å². The van der Waals surface area contributed by atoms with E-state index >= 15 is 4.39 Å². The van der Waals surface area contributed by atoms with Crippen LogP contribution < -0.4 is 31.7 Å². The van der Waals surface area contributed by atoms with Crippen LogP contribution in [0.5, 0.6) is 0 Å². The molecular weight excluding hydrogens is 745 g/mol. The number of aromatic nitrogens is 3. The summed E-state index contributed by atoms with van der Waals surface area (Å²) >= 11 is 0. The van der Waals surface area contributed by atoms with E-state index in [2.05, 4.69) is 41.0 Å². The summed E-state index contributed by atoms with van der Waals surface area (Å²) in [4.78, 5) is 62.5. The number of carbonyl (C=O) groups is 3. The Bertz CT molecular complexity index is 2190. The van der Waals surface area contributed by atoms with Crippen LogP contribution in [0.3, 0.4) is 0 Å². The SMILES string of the molecule is O=C1CC[C@@H](Nc2ccc(N3CCC(N4CCC(NC(=O)C5CCC(Nc6ncc(F)c(-c7cccc(-n8ccccc8=O)c7)n6)CC5)CC4)CC3)c(F)c2)C(=O)N1. The first-order chi connectivity index (χ1) is 28.2. The van der Waals surface area contributed by atoms with Gasteiger partial charge in [-0.2, -0.15) is 0 Å². The van der Waals surface area contributed by atoms with E-state index in [1.165, 1.54) is 16.7 Å². The van der Waals surface area contributed by atoms with Gasteiger partial charge in [-0.25, -0.2) is 18.7 Å². The fraction of sp³-hybridized carbons (Fsp3) is 0.442. The van der Waals surface area contributed by atoms with Crippen LogP contribution in [0, 0.1) is 17.6 Å². The van der Waals surface area contributed by atoms with Gasteiger partial charge in [0.15, 0.2) is 5.82 Å². The number of halogens is 2. The van der Waals surface area contributed by atoms with E-state index in [9.17, 15) is 23.6 Å². The van der Waals surface area contributed by atoms with Gasteiger partial charge in [0.1, 0.15) is 17.6 Å². The van der Waals surface area contributed by atoms with Crippen molar-refractivity contribution in [1.82, 2.24) is 30.1 Å². The molecule has 3 amide bonds. The van der Waals surface area contributed by atoms with Crippen molar-refractivity contribution in [3.63, 3.8) is 0 Å². The van der Waals surface area contributed by atoms with Gasteiger partial charge in [-0.05, 0) is 94.2 Å². The minimum Gasteiger partial charge on any atom is -0.374 e. The zero-order valence-corrected chi connectivity index (χ0v) is 32.3. The van der Waals surface area contributed by atoms with Crippen molar-refractivity contribution in [2.24, 2.45) is 5.92 Å². The van der Waals surface area contributed by atoms with E-state index in [1.54, 1.807) is 54.7 Å². The highest BCUT2D eigenvalue weighted by atomic mass is 19.1. The molecule has 0 radical (unpaired) electrons. The van der Waals surface area contributed by atoms with Gasteiger partial charge in [-0.15, -0.1) is 0 Å². The van der Waals surface area contributed by atoms with Gasteiger partial charge in [-0.1, -0.05) is 18.2 Å². The summed E-state index contributed by atoms with van der Waals surface area (Å²) in [7, 11) is 0. The first kappa shape index (κ1) is 39.1. The average molecular weight is 794 g/mol. The van der Waals surface area contributed by atoms with Crippen molar-refractivity contribution in [3.8, 4) is 16.9 Å². The number of piperidine rings is 3. The highest BCUT2D eigenvalue weighted by molar-refractivity contribution is 6.01. The van der Waals surface area contributed by atoms with Crippen molar-refractivity contribution in [3.05, 3.63) is 95.0 Å². The second-order valence-electron chi connectivity index (χ2n) is 15.9. The summed E-state index contributed by atoms with van der Waals surface area (Å²) in [5, 5.41) is 12.1. The lowest BCUT2D eigenvalue weighted by atomic mass is 9.85. The molecule has 2 aromatic carbocycles. The number of hydrogen-bond acceptors (Lipinski definition) is 10. The molecule has 4 aromatic rings. The molecule has 304 valence electrons. The predicted octanol–water partition coefficient (Wildman–Crippen LogP) is 5.01. The molecule has 3 aliphatic heterocycles. The largest absolute Gasteiger partial charge is 0.374 e. The maximum Gasteiger partial charge on any atom is 0.255 e. The van der Waals surface area contributed by atoms with E-state index in [0.29, 0.717) is 41.0 Å². The summed E-state index contributed by atoms with van der Waals surface area (Å²) < 4.78 is 31.7. The monoisotopic (exact) mass is 793 g/mol. The van der Waals surface area contributed by atoms with Crippen LogP contribution >= 0.6 is 0 Å². The van der Waals surface area contributed by atoms with Gasteiger partial charge >= 0.3 is 0 Å². The Hall–Kier alpha value is -5.70. The van der Waals surface area contributed by atoms with Gasteiger partial charge in [0, 0.05) is 85.8 Å². The molecule has 0 spiro atoms. The Balaban J connectivity index is 0.760. The molecule has 1 aliphatic carbocycles. The van der Waals surface area contributed by atoms with Crippen molar-refractivity contribution in [2.75, 3.05) is 41.7 Å². The maximum atomic E-state index is 15.2. The number of imide groups is 1. The minimum absolute atomic E-state index is 0.0584. The summed E-state index contributed by atoms with van der Waals surface area (Å²) in [6, 6.07) is 17.0. The molecule has 13 nitrogen and oxygen atoms in total. The molecule has 4 N–H and O–H groups in total. The number of rotatable bonds is 10. The van der Waals surface area contributed by atoms with Crippen LogP contribution in [0.2, 0.25) is 0 Å². The third-order valence-electron chi connectivity index (χ3n) is 12.1. The highest BCUT2D eigenvalue weighted by Crippen LogP contribution is 2.31. The Morgan fingerprint density at radius 3 is 2.31 bits per heavy atom. The second kappa shape index (κ2) is 17.4. The molecule has 4 aliphatic rings. The Kier molecular flexibility index (Phi) is 11.8. The number of anilines is 3. The van der Waals surface area contributed by atoms with Gasteiger partial charge in [0.2, 0.25) is 23.7 Å². The molecular formula is C43H49F2N9O4. The molecule has 1 atom stereocenters. The molecule has 58 heavy (non-hydrogen) atoms. The number of carbonyl (C=O) groups excluding carboxylic acids is 3. The Morgan fingerprint density at radius 2 is 1.57 bits per heavy atom. The van der Waals surface area contributed by atoms with Crippen molar-refractivity contribution < 1.29 is 23.2 Å². The van der Waals surface area contributed by atoms with Gasteiger partial charge in [-0.3, -0.25) is 29.1 Å². The minimum atomic E-state index is -0.561. The summed E-state index contributed by atoms with van der Waals surface area (Å²) in [6.45, 7) is 3.32. The van der Waals surface area contributed by atoms with Crippen molar-refractivity contribution in [1.29, 1.82) is 0 Å². The zero-order chi connectivity index (χ0) is 40.2. The molecule has 1 saturated carbocycles. The predicted molar refractivity (Wildman–Crippen MR) is 217 cm³/mol. The number of nitrogens with zero attached hydrogens (tertiary/aromatic N) is 5. The fourth-order valence-corrected chi connectivity index (χ4v) is 8.85. The molecule has 3 saturated heterocycles. The number of benzene rings is 2. The third kappa shape index (κ3) is 9.04. The standard InChI is InChI=1S/C43H49F2N9O4/c44-34-25-31(47-36-12-14-38(55)50-42(36)58)11-13-37(34)53-22-17-32(18-23-53)52-20-15-30(16-21-52)48-41(57)27-7-9-29(10-8-27)49-43-46-26-35(45)40(51-43)28-4-3-5-33(24-28)54-19-2-1-6-39(54)56/h1-6,11,13,19,24-27,29-30,32,36,47H,7-10,12,14-18,20-23H2,(H,48,57)(H,46,49,51)(H,50,55,58)/t27?,29?,36-/m1/s1. The lowest BCUT2D eigenvalue weighted by Crippen LogP contribution is -2.52. The quantitative estimate of drug-likeness (QED) is 0.161. The average Bonchev–Trinajstić information content (AvgIpc) is 3.23. The number of nitrogens with one attached hydrogen (secondary N) is 4. The van der Waals surface area contributed by atoms with Crippen LogP contribution in [0.25, 0.3) is 16.9 Å². The normalized spacial score (nSPS) is 22.3. The van der Waals surface area contributed by atoms with Crippen LogP contribution in [-0.4, -0.2) is 87.5 Å². The lowest BCUT2D eigenvalue weighted by Gasteiger charge is -2.42. The van der Waals surface area contributed by atoms with E-state index in [0.717, 1.165) is 83.7 Å². The van der Waals surface area contributed by atoms with Gasteiger partial charge < -0.3 is 25.8 Å². The topological polar surface area (TPSA) is 154 Å². The van der Waals surface area contributed by atoms with Crippen LogP contribution in [-0.2, 0) is 14.4 Å². The summed E-state index contributed by atoms with van der Waals surface area (Å²) in [5.41, 5.74) is 2.17. The first-order valence-electron chi connectivity index (χ1n) is 20.4. The van der Waals surface area contributed by atoms with Crippen molar-refractivity contribution in [2.45, 2.75) is 88.4 Å². The number of hydrogen-bond donors (Lipinski definition) is 4. The molecule has 8 rings (SSSR count). The van der Waals surface area contributed by atoms with Crippen LogP contribution in [0.1, 0.15) is 64.2 Å². The van der Waals surface area contributed by atoms with E-state index in [4.69, 9.17) is 0 Å². The zero-order valence-electron chi connectivity index (χ0n) is 32.3. The van der Waals surface area contributed by atoms with E-state index in [-0.39, 0.29) is 59.2 Å². The summed E-state index contributed by atoms with van der Waals surface area (Å²) in [5.74, 6) is -1.19. The number of amides is 3. The van der Waals surface area contributed by atoms with Gasteiger partial charge in [0.05, 0.1) is 11.9 Å². The Morgan fingerprint density at radius 1 is 0.776 bits per heavy atom. The van der Waals surface area contributed by atoms with Gasteiger partial charge in [0.25, 0.3) is 5.56 Å². The van der Waals surface area contributed by atoms with Crippen LogP contribution in [0.15, 0.2) is 77.9 Å². The molecule has 2 aromatic heterocycles. The highest BCUT2D eigenvalue weighted by Gasteiger charge is 2.33. The smallest absolute Gasteiger partial charge is 0.255 e. The maximum absolute atomic E-state index is 15.2. The number of likely N-dealkylation sites (tertiary alicyclic amines) is 1. The van der Waals surface area contributed by atoms with Crippen LogP contribution in [0.4, 0.5) is 26.1 Å². The molecule has 4 fully saturated rings. The second-order valence-corrected chi connectivity index (χ2v) is 15.9. The van der Waals surface area contributed by atoms with Crippen molar-refractivity contribution >= 4 is 35.0 Å². The Labute approximate surface area is 335 Å². The third-order valence-corrected chi connectivity index (χ3v) is 12.1. The first-order valence-corrected chi connectivity index (χ1v) is 20.4. The summed E-state index contributed by atoms with van der Waals surface area (Å²) in [6.07, 6.45) is 10.1. The lowest BCUT2D eigenvalue weighted by molar-refractivity contribution is -0.133.